The predicted molar refractivity (Wildman–Crippen MR) is 68.4 cm³/mol. The van der Waals surface area contributed by atoms with Crippen LogP contribution in [0.15, 0.2) is 24.3 Å². The first-order chi connectivity index (χ1) is 7.55. The molecular weight excluding hydrogens is 198 g/mol. The molecule has 0 bridgehead atoms. The Morgan fingerprint density at radius 2 is 1.94 bits per heavy atom. The van der Waals surface area contributed by atoms with Crippen molar-refractivity contribution < 1.29 is 5.11 Å². The van der Waals surface area contributed by atoms with Crippen LogP contribution in [0.5, 0.6) is 0 Å². The Kier molecular flexibility index (Phi) is 4.97. The highest BCUT2D eigenvalue weighted by molar-refractivity contribution is 5.25. The maximum absolute atomic E-state index is 8.93. The lowest BCUT2D eigenvalue weighted by Gasteiger charge is -2.24. The molecule has 1 aromatic carbocycles. The fraction of sp³-hybridized carbons (Fsp3) is 0.571. The van der Waals surface area contributed by atoms with Crippen molar-refractivity contribution in [2.75, 3.05) is 13.2 Å². The van der Waals surface area contributed by atoms with Gasteiger partial charge in [0.2, 0.25) is 0 Å². The molecule has 2 N–H and O–H groups in total. The second kappa shape index (κ2) is 6.02. The van der Waals surface area contributed by atoms with Gasteiger partial charge in [-0.2, -0.15) is 0 Å². The van der Waals surface area contributed by atoms with Gasteiger partial charge in [-0.05, 0) is 29.9 Å². The van der Waals surface area contributed by atoms with Gasteiger partial charge in [-0.1, -0.05) is 38.1 Å². The minimum Gasteiger partial charge on any atom is -0.396 e. The molecule has 2 nitrogen and oxygen atoms in total. The van der Waals surface area contributed by atoms with Crippen molar-refractivity contribution in [3.8, 4) is 0 Å². The van der Waals surface area contributed by atoms with Gasteiger partial charge < -0.3 is 10.4 Å². The minimum absolute atomic E-state index is 0.164. The van der Waals surface area contributed by atoms with Gasteiger partial charge in [0, 0.05) is 19.7 Å². The maximum atomic E-state index is 8.93. The zero-order valence-corrected chi connectivity index (χ0v) is 10.6. The smallest absolute Gasteiger partial charge is 0.0436 e. The summed E-state index contributed by atoms with van der Waals surface area (Å²) in [5.41, 5.74) is 2.84. The van der Waals surface area contributed by atoms with E-state index in [1.165, 1.54) is 11.1 Å². The summed E-state index contributed by atoms with van der Waals surface area (Å²) >= 11 is 0. The molecule has 90 valence electrons. The molecule has 0 atom stereocenters. The zero-order chi connectivity index (χ0) is 12.0. The van der Waals surface area contributed by atoms with Crippen molar-refractivity contribution in [3.05, 3.63) is 35.4 Å². The van der Waals surface area contributed by atoms with Crippen molar-refractivity contribution in [1.82, 2.24) is 5.32 Å². The van der Waals surface area contributed by atoms with E-state index in [0.717, 1.165) is 19.5 Å². The first-order valence-electron chi connectivity index (χ1n) is 5.91. The average molecular weight is 221 g/mol. The van der Waals surface area contributed by atoms with E-state index in [-0.39, 0.29) is 12.0 Å². The standard InChI is InChI=1S/C14H23NO/c1-12-6-4-5-7-13(12)10-15-11-14(2,3)8-9-16/h4-7,15-16H,8-11H2,1-3H3. The minimum atomic E-state index is 0.164. The van der Waals surface area contributed by atoms with Crippen molar-refractivity contribution >= 4 is 0 Å². The average Bonchev–Trinajstić information content (AvgIpc) is 2.20. The highest BCUT2D eigenvalue weighted by atomic mass is 16.3. The Hall–Kier alpha value is -0.860. The fourth-order valence-corrected chi connectivity index (χ4v) is 1.74. The van der Waals surface area contributed by atoms with Gasteiger partial charge in [-0.3, -0.25) is 0 Å². The topological polar surface area (TPSA) is 32.3 Å². The van der Waals surface area contributed by atoms with Crippen LogP contribution >= 0.6 is 0 Å². The summed E-state index contributed by atoms with van der Waals surface area (Å²) in [5.74, 6) is 0. The van der Waals surface area contributed by atoms with E-state index >= 15 is 0 Å². The molecule has 16 heavy (non-hydrogen) atoms. The Bertz CT molecular complexity index is 320. The van der Waals surface area contributed by atoms with Crippen LogP contribution in [0.1, 0.15) is 31.4 Å². The van der Waals surface area contributed by atoms with Gasteiger partial charge in [-0.25, -0.2) is 0 Å². The van der Waals surface area contributed by atoms with Crippen LogP contribution in [0.4, 0.5) is 0 Å². The first-order valence-corrected chi connectivity index (χ1v) is 5.91. The molecule has 1 aromatic rings. The monoisotopic (exact) mass is 221 g/mol. The molecule has 2 heteroatoms. The lowest BCUT2D eigenvalue weighted by atomic mass is 9.89. The van der Waals surface area contributed by atoms with E-state index in [1.807, 2.05) is 0 Å². The molecule has 1 rings (SSSR count). The van der Waals surface area contributed by atoms with Gasteiger partial charge in [-0.15, -0.1) is 0 Å². The third kappa shape index (κ3) is 4.33. The molecule has 0 fully saturated rings. The van der Waals surface area contributed by atoms with E-state index in [9.17, 15) is 0 Å². The second-order valence-corrected chi connectivity index (χ2v) is 5.17. The van der Waals surface area contributed by atoms with Crippen LogP contribution in [-0.4, -0.2) is 18.3 Å². The van der Waals surface area contributed by atoms with Crippen molar-refractivity contribution in [1.29, 1.82) is 0 Å². The summed E-state index contributed by atoms with van der Waals surface area (Å²) in [5, 5.41) is 12.4. The quantitative estimate of drug-likeness (QED) is 0.773. The lowest BCUT2D eigenvalue weighted by Crippen LogP contribution is -2.30. The molecule has 0 saturated heterocycles. The fourth-order valence-electron chi connectivity index (χ4n) is 1.74. The number of hydrogen-bond acceptors (Lipinski definition) is 2. The number of aliphatic hydroxyl groups is 1. The second-order valence-electron chi connectivity index (χ2n) is 5.17. The molecule has 0 radical (unpaired) electrons. The Balaban J connectivity index is 2.39. The van der Waals surface area contributed by atoms with Gasteiger partial charge in [0.05, 0.1) is 0 Å². The molecule has 0 aliphatic carbocycles. The Labute approximate surface area is 98.7 Å². The molecule has 0 amide bonds. The van der Waals surface area contributed by atoms with E-state index in [4.69, 9.17) is 5.11 Å². The van der Waals surface area contributed by atoms with Crippen molar-refractivity contribution in [3.63, 3.8) is 0 Å². The first kappa shape index (κ1) is 13.2. The summed E-state index contributed by atoms with van der Waals surface area (Å²) < 4.78 is 0. The molecule has 0 aliphatic heterocycles. The summed E-state index contributed by atoms with van der Waals surface area (Å²) in [4.78, 5) is 0. The summed E-state index contributed by atoms with van der Waals surface area (Å²) in [6.07, 6.45) is 0.841. The molecule has 0 aromatic heterocycles. The van der Waals surface area contributed by atoms with Gasteiger partial charge in [0.15, 0.2) is 0 Å². The summed E-state index contributed by atoms with van der Waals surface area (Å²) in [7, 11) is 0. The van der Waals surface area contributed by atoms with Crippen LogP contribution in [-0.2, 0) is 6.54 Å². The van der Waals surface area contributed by atoms with Crippen LogP contribution in [0.25, 0.3) is 0 Å². The van der Waals surface area contributed by atoms with E-state index in [2.05, 4.69) is 50.4 Å². The summed E-state index contributed by atoms with van der Waals surface area (Å²) in [6.45, 7) is 8.58. The third-order valence-electron chi connectivity index (χ3n) is 2.97. The van der Waals surface area contributed by atoms with Crippen LogP contribution in [0.3, 0.4) is 0 Å². The highest BCUT2D eigenvalue weighted by Crippen LogP contribution is 2.18. The molecule has 0 heterocycles. The van der Waals surface area contributed by atoms with Crippen molar-refractivity contribution in [2.24, 2.45) is 5.41 Å². The SMILES string of the molecule is Cc1ccccc1CNCC(C)(C)CCO. The van der Waals surface area contributed by atoms with E-state index < -0.39 is 0 Å². The molecule has 0 unspecified atom stereocenters. The number of rotatable bonds is 6. The molecule has 0 aliphatic rings. The van der Waals surface area contributed by atoms with E-state index in [1.54, 1.807) is 0 Å². The van der Waals surface area contributed by atoms with Crippen LogP contribution in [0.2, 0.25) is 0 Å². The van der Waals surface area contributed by atoms with Crippen LogP contribution < -0.4 is 5.32 Å². The highest BCUT2D eigenvalue weighted by Gasteiger charge is 2.16. The number of nitrogens with one attached hydrogen (secondary N) is 1. The number of benzene rings is 1. The maximum Gasteiger partial charge on any atom is 0.0436 e. The number of hydrogen-bond donors (Lipinski definition) is 2. The molecule has 0 saturated carbocycles. The third-order valence-corrected chi connectivity index (χ3v) is 2.97. The lowest BCUT2D eigenvalue weighted by molar-refractivity contribution is 0.207. The predicted octanol–water partition coefficient (Wildman–Crippen LogP) is 2.49. The Morgan fingerprint density at radius 3 is 2.56 bits per heavy atom. The van der Waals surface area contributed by atoms with Crippen molar-refractivity contribution in [2.45, 2.75) is 33.7 Å². The number of aliphatic hydroxyl groups excluding tert-OH is 1. The Morgan fingerprint density at radius 1 is 1.25 bits per heavy atom. The van der Waals surface area contributed by atoms with Gasteiger partial charge in [0.25, 0.3) is 0 Å². The summed E-state index contributed by atoms with van der Waals surface area (Å²) in [6, 6.07) is 8.43. The van der Waals surface area contributed by atoms with Gasteiger partial charge >= 0.3 is 0 Å². The largest absolute Gasteiger partial charge is 0.396 e. The normalized spacial score (nSPS) is 11.8. The van der Waals surface area contributed by atoms with Gasteiger partial charge in [0.1, 0.15) is 0 Å². The number of aryl methyl sites for hydroxylation is 1. The van der Waals surface area contributed by atoms with Crippen LogP contribution in [0, 0.1) is 12.3 Å². The van der Waals surface area contributed by atoms with E-state index in [0.29, 0.717) is 0 Å². The molecular formula is C14H23NO. The zero-order valence-electron chi connectivity index (χ0n) is 10.6. The molecule has 0 spiro atoms.